The van der Waals surface area contributed by atoms with Gasteiger partial charge in [0.05, 0.1) is 12.6 Å². The molecule has 1 unspecified atom stereocenters. The molecule has 1 fully saturated rings. The molecule has 0 radical (unpaired) electrons. The van der Waals surface area contributed by atoms with Gasteiger partial charge in [0.15, 0.2) is 0 Å². The van der Waals surface area contributed by atoms with Gasteiger partial charge >= 0.3 is 0 Å². The summed E-state index contributed by atoms with van der Waals surface area (Å²) in [6.45, 7) is 5.96. The number of aliphatic hydroxyl groups excluding tert-OH is 1. The lowest BCUT2D eigenvalue weighted by Gasteiger charge is -2.32. The van der Waals surface area contributed by atoms with Crippen molar-refractivity contribution in [2.75, 3.05) is 19.6 Å². The first kappa shape index (κ1) is 10.7. The lowest BCUT2D eigenvalue weighted by molar-refractivity contribution is -0.118. The Morgan fingerprint density at radius 3 is 2.46 bits per heavy atom. The van der Waals surface area contributed by atoms with Crippen LogP contribution >= 0.6 is 0 Å². The number of carbonyl (C=O) groups is 1. The summed E-state index contributed by atoms with van der Waals surface area (Å²) in [5.41, 5.74) is 0. The standard InChI is InChI=1S/C10H19NO2/c1-8(12)7-11-5-3-10(4-6-11)9(2)13/h9-10,13H,3-7H2,1-2H3. The molecular formula is C10H19NO2. The van der Waals surface area contributed by atoms with Crippen LogP contribution in [0.1, 0.15) is 26.7 Å². The van der Waals surface area contributed by atoms with Crippen molar-refractivity contribution < 1.29 is 9.90 Å². The second-order valence-electron chi connectivity index (χ2n) is 4.06. The number of ketones is 1. The molecule has 1 N–H and O–H groups in total. The summed E-state index contributed by atoms with van der Waals surface area (Å²) in [4.78, 5) is 13.0. The zero-order valence-corrected chi connectivity index (χ0v) is 8.49. The highest BCUT2D eigenvalue weighted by Crippen LogP contribution is 2.19. The fraction of sp³-hybridized carbons (Fsp3) is 0.900. The summed E-state index contributed by atoms with van der Waals surface area (Å²) < 4.78 is 0. The highest BCUT2D eigenvalue weighted by Gasteiger charge is 2.22. The first-order chi connectivity index (χ1) is 6.09. The van der Waals surface area contributed by atoms with E-state index in [9.17, 15) is 9.90 Å². The summed E-state index contributed by atoms with van der Waals surface area (Å²) >= 11 is 0. The van der Waals surface area contributed by atoms with Crippen molar-refractivity contribution in [2.45, 2.75) is 32.8 Å². The number of hydrogen-bond acceptors (Lipinski definition) is 3. The van der Waals surface area contributed by atoms with E-state index in [4.69, 9.17) is 0 Å². The van der Waals surface area contributed by atoms with Gasteiger partial charge in [0.2, 0.25) is 0 Å². The first-order valence-corrected chi connectivity index (χ1v) is 4.99. The summed E-state index contributed by atoms with van der Waals surface area (Å²) in [5, 5.41) is 9.36. The largest absolute Gasteiger partial charge is 0.393 e. The zero-order valence-electron chi connectivity index (χ0n) is 8.49. The maximum absolute atomic E-state index is 10.8. The molecule has 76 valence electrons. The van der Waals surface area contributed by atoms with Crippen molar-refractivity contribution in [3.63, 3.8) is 0 Å². The van der Waals surface area contributed by atoms with Gasteiger partial charge in [0.1, 0.15) is 5.78 Å². The Bertz CT molecular complexity index is 172. The smallest absolute Gasteiger partial charge is 0.143 e. The predicted molar refractivity (Wildman–Crippen MR) is 51.5 cm³/mol. The topological polar surface area (TPSA) is 40.5 Å². The molecule has 0 aromatic heterocycles. The van der Waals surface area contributed by atoms with Crippen molar-refractivity contribution in [1.29, 1.82) is 0 Å². The number of piperidine rings is 1. The van der Waals surface area contributed by atoms with Crippen LogP contribution < -0.4 is 0 Å². The lowest BCUT2D eigenvalue weighted by atomic mass is 9.92. The van der Waals surface area contributed by atoms with Gasteiger partial charge in [0, 0.05) is 0 Å². The average molecular weight is 185 g/mol. The monoisotopic (exact) mass is 185 g/mol. The Kier molecular flexibility index (Phi) is 3.88. The Balaban J connectivity index is 2.26. The summed E-state index contributed by atoms with van der Waals surface area (Å²) in [6, 6.07) is 0. The molecule has 1 atom stereocenters. The fourth-order valence-electron chi connectivity index (χ4n) is 1.91. The lowest BCUT2D eigenvalue weighted by Crippen LogP contribution is -2.39. The van der Waals surface area contributed by atoms with Gasteiger partial charge < -0.3 is 5.11 Å². The third-order valence-electron chi connectivity index (χ3n) is 2.76. The molecule has 13 heavy (non-hydrogen) atoms. The molecule has 0 amide bonds. The van der Waals surface area contributed by atoms with Crippen LogP contribution in [0.15, 0.2) is 0 Å². The number of hydrogen-bond donors (Lipinski definition) is 1. The molecule has 1 aliphatic rings. The predicted octanol–water partition coefficient (Wildman–Crippen LogP) is 0.668. The molecular weight excluding hydrogens is 166 g/mol. The zero-order chi connectivity index (χ0) is 9.84. The van der Waals surface area contributed by atoms with Crippen molar-refractivity contribution in [1.82, 2.24) is 4.90 Å². The van der Waals surface area contributed by atoms with Crippen molar-refractivity contribution in [2.24, 2.45) is 5.92 Å². The third kappa shape index (κ3) is 3.44. The van der Waals surface area contributed by atoms with E-state index < -0.39 is 0 Å². The number of likely N-dealkylation sites (tertiary alicyclic amines) is 1. The maximum atomic E-state index is 10.8. The van der Waals surface area contributed by atoms with Gasteiger partial charge in [-0.3, -0.25) is 9.69 Å². The minimum atomic E-state index is -0.195. The Hall–Kier alpha value is -0.410. The number of carbonyl (C=O) groups excluding carboxylic acids is 1. The number of Topliss-reactive ketones (excluding diaryl/α,β-unsaturated/α-hetero) is 1. The van der Waals surface area contributed by atoms with Crippen molar-refractivity contribution in [3.8, 4) is 0 Å². The van der Waals surface area contributed by atoms with Crippen molar-refractivity contribution in [3.05, 3.63) is 0 Å². The van der Waals surface area contributed by atoms with Crippen LogP contribution in [0.3, 0.4) is 0 Å². The second-order valence-corrected chi connectivity index (χ2v) is 4.06. The summed E-state index contributed by atoms with van der Waals surface area (Å²) in [7, 11) is 0. The molecule has 0 aromatic carbocycles. The normalized spacial score (nSPS) is 23.0. The average Bonchev–Trinajstić information content (AvgIpc) is 2.04. The number of rotatable bonds is 3. The molecule has 0 spiro atoms. The highest BCUT2D eigenvalue weighted by molar-refractivity contribution is 5.77. The Labute approximate surface area is 79.7 Å². The molecule has 3 nitrogen and oxygen atoms in total. The Morgan fingerprint density at radius 1 is 1.54 bits per heavy atom. The quantitative estimate of drug-likeness (QED) is 0.702. The summed E-state index contributed by atoms with van der Waals surface area (Å²) in [5.74, 6) is 0.665. The van der Waals surface area contributed by atoms with E-state index in [-0.39, 0.29) is 11.9 Å². The molecule has 1 aliphatic heterocycles. The van der Waals surface area contributed by atoms with Gasteiger partial charge in [-0.2, -0.15) is 0 Å². The van der Waals surface area contributed by atoms with E-state index >= 15 is 0 Å². The van der Waals surface area contributed by atoms with E-state index in [0.717, 1.165) is 25.9 Å². The molecule has 1 rings (SSSR count). The van der Waals surface area contributed by atoms with Crippen LogP contribution in [-0.4, -0.2) is 41.5 Å². The molecule has 0 saturated carbocycles. The van der Waals surface area contributed by atoms with E-state index in [1.165, 1.54) is 0 Å². The third-order valence-corrected chi connectivity index (χ3v) is 2.76. The molecule has 3 heteroatoms. The van der Waals surface area contributed by atoms with Gasteiger partial charge in [0.25, 0.3) is 0 Å². The van der Waals surface area contributed by atoms with Gasteiger partial charge in [-0.15, -0.1) is 0 Å². The number of aliphatic hydroxyl groups is 1. The second kappa shape index (κ2) is 4.72. The van der Waals surface area contributed by atoms with Gasteiger partial charge in [-0.05, 0) is 45.7 Å². The minimum absolute atomic E-state index is 0.195. The molecule has 0 aliphatic carbocycles. The van der Waals surface area contributed by atoms with Gasteiger partial charge in [-0.25, -0.2) is 0 Å². The number of nitrogens with zero attached hydrogens (tertiary/aromatic N) is 1. The van der Waals surface area contributed by atoms with Crippen LogP contribution in [0.4, 0.5) is 0 Å². The molecule has 1 saturated heterocycles. The molecule has 1 heterocycles. The molecule has 0 bridgehead atoms. The van der Waals surface area contributed by atoms with Crippen LogP contribution in [0.2, 0.25) is 0 Å². The minimum Gasteiger partial charge on any atom is -0.393 e. The van der Waals surface area contributed by atoms with E-state index in [0.29, 0.717) is 12.5 Å². The van der Waals surface area contributed by atoms with E-state index in [1.54, 1.807) is 6.92 Å². The van der Waals surface area contributed by atoms with E-state index in [2.05, 4.69) is 4.90 Å². The van der Waals surface area contributed by atoms with E-state index in [1.807, 2.05) is 6.92 Å². The molecule has 0 aromatic rings. The maximum Gasteiger partial charge on any atom is 0.143 e. The fourth-order valence-corrected chi connectivity index (χ4v) is 1.91. The summed E-state index contributed by atoms with van der Waals surface area (Å²) in [6.07, 6.45) is 1.84. The Morgan fingerprint density at radius 2 is 2.08 bits per heavy atom. The van der Waals surface area contributed by atoms with Crippen LogP contribution in [-0.2, 0) is 4.79 Å². The van der Waals surface area contributed by atoms with Crippen LogP contribution in [0, 0.1) is 5.92 Å². The van der Waals surface area contributed by atoms with Crippen LogP contribution in [0.25, 0.3) is 0 Å². The highest BCUT2D eigenvalue weighted by atomic mass is 16.3. The van der Waals surface area contributed by atoms with Gasteiger partial charge in [-0.1, -0.05) is 0 Å². The SMILES string of the molecule is CC(=O)CN1CCC(C(C)O)CC1. The van der Waals surface area contributed by atoms with Crippen molar-refractivity contribution >= 4 is 5.78 Å². The first-order valence-electron chi connectivity index (χ1n) is 4.99. The van der Waals surface area contributed by atoms with Crippen LogP contribution in [0.5, 0.6) is 0 Å².